The topological polar surface area (TPSA) is 60.5 Å². The number of aromatic nitrogens is 1. The molecule has 1 aromatic carbocycles. The van der Waals surface area contributed by atoms with Crippen LogP contribution in [0.1, 0.15) is 16.8 Å². The summed E-state index contributed by atoms with van der Waals surface area (Å²) in [4.78, 5) is 15.7. The molecule has 1 aromatic heterocycles. The van der Waals surface area contributed by atoms with Gasteiger partial charge in [0.1, 0.15) is 0 Å². The van der Waals surface area contributed by atoms with Crippen molar-refractivity contribution in [3.63, 3.8) is 0 Å². The maximum Gasteiger partial charge on any atom is 0.252 e. The molecule has 2 aromatic rings. The fourth-order valence-electron chi connectivity index (χ4n) is 1.79. The predicted octanol–water partition coefficient (Wildman–Crippen LogP) is 2.29. The van der Waals surface area contributed by atoms with Crippen LogP contribution in [0.2, 0.25) is 0 Å². The Morgan fingerprint density at radius 1 is 1.19 bits per heavy atom. The molecular formula is C16H18N2O3. The van der Waals surface area contributed by atoms with E-state index < -0.39 is 0 Å². The van der Waals surface area contributed by atoms with Gasteiger partial charge in [0, 0.05) is 18.9 Å². The molecule has 1 amide bonds. The second-order valence-electron chi connectivity index (χ2n) is 4.35. The zero-order valence-corrected chi connectivity index (χ0v) is 11.9. The summed E-state index contributed by atoms with van der Waals surface area (Å²) in [5, 5.41) is 2.82. The third-order valence-electron chi connectivity index (χ3n) is 2.86. The van der Waals surface area contributed by atoms with Crippen molar-refractivity contribution < 1.29 is 14.3 Å². The fourth-order valence-corrected chi connectivity index (χ4v) is 1.79. The highest BCUT2D eigenvalue weighted by atomic mass is 16.5. The summed E-state index contributed by atoms with van der Waals surface area (Å²) in [6.45, 7) is 1.05. The maximum absolute atomic E-state index is 11.8. The zero-order valence-electron chi connectivity index (χ0n) is 11.9. The number of pyridine rings is 1. The van der Waals surface area contributed by atoms with E-state index in [-0.39, 0.29) is 5.91 Å². The SMILES string of the molecule is COc1ccccc1OCCCNC(=O)c1cccnc1. The standard InChI is InChI=1S/C16H18N2O3/c1-20-14-7-2-3-8-15(14)21-11-5-10-18-16(19)13-6-4-9-17-12-13/h2-4,6-9,12H,5,10-11H2,1H3,(H,18,19). The Balaban J connectivity index is 1.70. The van der Waals surface area contributed by atoms with Crippen LogP contribution < -0.4 is 14.8 Å². The number of methoxy groups -OCH3 is 1. The third kappa shape index (κ3) is 4.49. The van der Waals surface area contributed by atoms with Gasteiger partial charge in [0.25, 0.3) is 5.91 Å². The van der Waals surface area contributed by atoms with Crippen LogP contribution in [0.4, 0.5) is 0 Å². The van der Waals surface area contributed by atoms with Crippen LogP contribution in [0.5, 0.6) is 11.5 Å². The van der Waals surface area contributed by atoms with E-state index in [4.69, 9.17) is 9.47 Å². The van der Waals surface area contributed by atoms with Crippen LogP contribution >= 0.6 is 0 Å². The van der Waals surface area contributed by atoms with E-state index in [0.717, 1.165) is 0 Å². The number of para-hydroxylation sites is 2. The van der Waals surface area contributed by atoms with Crippen LogP contribution in [0.25, 0.3) is 0 Å². The summed E-state index contributed by atoms with van der Waals surface area (Å²) in [5.41, 5.74) is 0.558. The van der Waals surface area contributed by atoms with Crippen molar-refractivity contribution in [2.45, 2.75) is 6.42 Å². The number of ether oxygens (including phenoxy) is 2. The number of nitrogens with one attached hydrogen (secondary N) is 1. The minimum atomic E-state index is -0.125. The molecule has 21 heavy (non-hydrogen) atoms. The minimum Gasteiger partial charge on any atom is -0.493 e. The van der Waals surface area contributed by atoms with Gasteiger partial charge < -0.3 is 14.8 Å². The first-order valence-electron chi connectivity index (χ1n) is 6.75. The number of carbonyl (C=O) groups is 1. The molecule has 0 atom stereocenters. The number of hydrogen-bond donors (Lipinski definition) is 1. The van der Waals surface area contributed by atoms with Gasteiger partial charge in [-0.15, -0.1) is 0 Å². The molecule has 0 saturated carbocycles. The second-order valence-corrected chi connectivity index (χ2v) is 4.35. The summed E-state index contributed by atoms with van der Waals surface area (Å²) in [6.07, 6.45) is 3.89. The second kappa shape index (κ2) is 7.89. The molecule has 0 unspecified atom stereocenters. The molecule has 1 N–H and O–H groups in total. The lowest BCUT2D eigenvalue weighted by molar-refractivity contribution is 0.0951. The Bertz CT molecular complexity index is 573. The van der Waals surface area contributed by atoms with Crippen molar-refractivity contribution in [1.82, 2.24) is 10.3 Å². The highest BCUT2D eigenvalue weighted by Crippen LogP contribution is 2.25. The van der Waals surface area contributed by atoms with Crippen molar-refractivity contribution in [3.8, 4) is 11.5 Å². The van der Waals surface area contributed by atoms with Gasteiger partial charge in [0.15, 0.2) is 11.5 Å². The lowest BCUT2D eigenvalue weighted by Gasteiger charge is -2.10. The predicted molar refractivity (Wildman–Crippen MR) is 79.7 cm³/mol. The van der Waals surface area contributed by atoms with Gasteiger partial charge in [-0.3, -0.25) is 9.78 Å². The number of benzene rings is 1. The van der Waals surface area contributed by atoms with E-state index in [1.165, 1.54) is 0 Å². The lowest BCUT2D eigenvalue weighted by Crippen LogP contribution is -2.25. The molecule has 0 fully saturated rings. The highest BCUT2D eigenvalue weighted by Gasteiger charge is 2.04. The molecule has 0 aliphatic carbocycles. The smallest absolute Gasteiger partial charge is 0.252 e. The quantitative estimate of drug-likeness (QED) is 0.793. The van der Waals surface area contributed by atoms with Crippen LogP contribution in [-0.2, 0) is 0 Å². The molecule has 0 radical (unpaired) electrons. The Morgan fingerprint density at radius 2 is 2.00 bits per heavy atom. The van der Waals surface area contributed by atoms with Gasteiger partial charge in [-0.2, -0.15) is 0 Å². The molecule has 0 bridgehead atoms. The maximum atomic E-state index is 11.8. The summed E-state index contributed by atoms with van der Waals surface area (Å²) in [6, 6.07) is 10.9. The van der Waals surface area contributed by atoms with E-state index >= 15 is 0 Å². The van der Waals surface area contributed by atoms with Gasteiger partial charge in [-0.1, -0.05) is 12.1 Å². The normalized spacial score (nSPS) is 9.95. The number of rotatable bonds is 7. The first-order chi connectivity index (χ1) is 10.3. The van der Waals surface area contributed by atoms with Crippen molar-refractivity contribution in [1.29, 1.82) is 0 Å². The Morgan fingerprint density at radius 3 is 2.71 bits per heavy atom. The van der Waals surface area contributed by atoms with Crippen LogP contribution in [-0.4, -0.2) is 31.2 Å². The van der Waals surface area contributed by atoms with E-state index in [1.54, 1.807) is 31.6 Å². The van der Waals surface area contributed by atoms with E-state index in [1.807, 2.05) is 24.3 Å². The summed E-state index contributed by atoms with van der Waals surface area (Å²) in [7, 11) is 1.61. The fraction of sp³-hybridized carbons (Fsp3) is 0.250. The number of nitrogens with zero attached hydrogens (tertiary/aromatic N) is 1. The molecule has 2 rings (SSSR count). The monoisotopic (exact) mass is 286 g/mol. The van der Waals surface area contributed by atoms with Gasteiger partial charge in [0.05, 0.1) is 19.3 Å². The summed E-state index contributed by atoms with van der Waals surface area (Å²) < 4.78 is 10.8. The molecule has 1 heterocycles. The van der Waals surface area contributed by atoms with Crippen LogP contribution in [0.3, 0.4) is 0 Å². The Labute approximate surface area is 123 Å². The Kier molecular flexibility index (Phi) is 5.58. The van der Waals surface area contributed by atoms with E-state index in [2.05, 4.69) is 10.3 Å². The van der Waals surface area contributed by atoms with Crippen LogP contribution in [0, 0.1) is 0 Å². The average molecular weight is 286 g/mol. The summed E-state index contributed by atoms with van der Waals surface area (Å²) >= 11 is 0. The van der Waals surface area contributed by atoms with E-state index in [0.29, 0.717) is 36.6 Å². The third-order valence-corrected chi connectivity index (χ3v) is 2.86. The minimum absolute atomic E-state index is 0.125. The molecule has 0 saturated heterocycles. The molecule has 5 heteroatoms. The first-order valence-corrected chi connectivity index (χ1v) is 6.75. The summed E-state index contributed by atoms with van der Waals surface area (Å²) in [5.74, 6) is 1.29. The highest BCUT2D eigenvalue weighted by molar-refractivity contribution is 5.93. The van der Waals surface area contributed by atoms with Crippen molar-refractivity contribution in [3.05, 3.63) is 54.4 Å². The Hall–Kier alpha value is -2.56. The molecule has 0 aliphatic heterocycles. The molecule has 0 spiro atoms. The van der Waals surface area contributed by atoms with Crippen LogP contribution in [0.15, 0.2) is 48.8 Å². The largest absolute Gasteiger partial charge is 0.493 e. The number of amides is 1. The molecule has 5 nitrogen and oxygen atoms in total. The first kappa shape index (κ1) is 14.8. The van der Waals surface area contributed by atoms with Gasteiger partial charge in [-0.25, -0.2) is 0 Å². The number of carbonyl (C=O) groups excluding carboxylic acids is 1. The molecule has 110 valence electrons. The molecule has 0 aliphatic rings. The lowest BCUT2D eigenvalue weighted by atomic mass is 10.2. The van der Waals surface area contributed by atoms with Gasteiger partial charge >= 0.3 is 0 Å². The number of hydrogen-bond acceptors (Lipinski definition) is 4. The van der Waals surface area contributed by atoms with E-state index in [9.17, 15) is 4.79 Å². The van der Waals surface area contributed by atoms with Gasteiger partial charge in [-0.05, 0) is 30.7 Å². The molecular weight excluding hydrogens is 268 g/mol. The van der Waals surface area contributed by atoms with Gasteiger partial charge in [0.2, 0.25) is 0 Å². The van der Waals surface area contributed by atoms with Crippen molar-refractivity contribution in [2.24, 2.45) is 0 Å². The van der Waals surface area contributed by atoms with Crippen molar-refractivity contribution in [2.75, 3.05) is 20.3 Å². The zero-order chi connectivity index (χ0) is 14.9. The average Bonchev–Trinajstić information content (AvgIpc) is 2.55. The van der Waals surface area contributed by atoms with Crippen molar-refractivity contribution >= 4 is 5.91 Å².